The lowest BCUT2D eigenvalue weighted by Crippen LogP contribution is -2.17. The van der Waals surface area contributed by atoms with Gasteiger partial charge in [-0.15, -0.1) is 0 Å². The molecule has 1 aromatic heterocycles. The Bertz CT molecular complexity index is 1710. The molecule has 3 N–H and O–H groups in total. The fourth-order valence-electron chi connectivity index (χ4n) is 5.24. The monoisotopic (exact) mass is 573 g/mol. The van der Waals surface area contributed by atoms with Crippen molar-refractivity contribution >= 4 is 21.7 Å². The molecule has 5 rings (SSSR count). The largest absolute Gasteiger partial charge is 0.507 e. The van der Waals surface area contributed by atoms with E-state index in [0.29, 0.717) is 35.8 Å². The summed E-state index contributed by atoms with van der Waals surface area (Å²) in [6.45, 7) is 1.96. The highest BCUT2D eigenvalue weighted by Gasteiger charge is 2.37. The van der Waals surface area contributed by atoms with E-state index in [-0.39, 0.29) is 28.0 Å². The highest BCUT2D eigenvalue weighted by Crippen LogP contribution is 2.47. The van der Waals surface area contributed by atoms with Gasteiger partial charge in [0.25, 0.3) is 10.0 Å². The first kappa shape index (κ1) is 28.2. The van der Waals surface area contributed by atoms with Crippen LogP contribution >= 0.6 is 0 Å². The molecular formula is C32H31NO7S. The summed E-state index contributed by atoms with van der Waals surface area (Å²) in [5.41, 5.74) is 1.89. The lowest BCUT2D eigenvalue weighted by molar-refractivity contribution is 0.0696. The number of carbonyl (C=O) groups is 1. The van der Waals surface area contributed by atoms with Crippen LogP contribution < -0.4 is 10.3 Å². The van der Waals surface area contributed by atoms with Gasteiger partial charge in [-0.3, -0.25) is 4.72 Å². The van der Waals surface area contributed by atoms with Crippen LogP contribution in [0.15, 0.2) is 99.0 Å². The third-order valence-electron chi connectivity index (χ3n) is 7.52. The Hall–Kier alpha value is -4.37. The first-order valence-electron chi connectivity index (χ1n) is 13.5. The predicted octanol–water partition coefficient (Wildman–Crippen LogP) is 6.12. The van der Waals surface area contributed by atoms with E-state index in [2.05, 4.69) is 4.72 Å². The summed E-state index contributed by atoms with van der Waals surface area (Å²) in [4.78, 5) is 24.3. The fourth-order valence-corrected chi connectivity index (χ4v) is 6.29. The van der Waals surface area contributed by atoms with Gasteiger partial charge in [-0.25, -0.2) is 18.0 Å². The third-order valence-corrected chi connectivity index (χ3v) is 8.91. The highest BCUT2D eigenvalue weighted by atomic mass is 32.2. The molecule has 1 fully saturated rings. The molecule has 1 aliphatic carbocycles. The molecule has 9 heteroatoms. The van der Waals surface area contributed by atoms with E-state index >= 15 is 0 Å². The van der Waals surface area contributed by atoms with Crippen LogP contribution in [0.5, 0.6) is 5.75 Å². The number of carboxylic acids is 1. The minimum absolute atomic E-state index is 0.00889. The van der Waals surface area contributed by atoms with Gasteiger partial charge in [0.05, 0.1) is 16.0 Å². The van der Waals surface area contributed by atoms with Gasteiger partial charge in [-0.05, 0) is 79.1 Å². The summed E-state index contributed by atoms with van der Waals surface area (Å²) in [5.74, 6) is -0.976. The number of benzene rings is 3. The average molecular weight is 574 g/mol. The van der Waals surface area contributed by atoms with Gasteiger partial charge in [-0.1, -0.05) is 49.4 Å². The standard InChI is InChI=1S/C32H31NO7S/c1-2-21(28-19-27(34)30(32(37)40-28)29(23-11-12-23)22-8-4-3-5-9-22)17-20-7-6-10-25(18-20)33-41(38,39)26-15-13-24(14-16-26)31(35)36/h3-10,13-16,18-19,21,23,29,33-34H,2,11-12,17H2,1H3,(H,35,36). The van der Waals surface area contributed by atoms with E-state index in [4.69, 9.17) is 9.52 Å². The van der Waals surface area contributed by atoms with E-state index < -0.39 is 21.6 Å². The second kappa shape index (κ2) is 11.6. The summed E-state index contributed by atoms with van der Waals surface area (Å²) in [6.07, 6.45) is 3.06. The molecule has 3 aromatic carbocycles. The number of aromatic carboxylic acids is 1. The summed E-state index contributed by atoms with van der Waals surface area (Å²) in [6, 6.07) is 23.1. The van der Waals surface area contributed by atoms with Crippen molar-refractivity contribution in [3.63, 3.8) is 0 Å². The van der Waals surface area contributed by atoms with Gasteiger partial charge in [-0.2, -0.15) is 0 Å². The number of nitrogens with one attached hydrogen (secondary N) is 1. The number of anilines is 1. The van der Waals surface area contributed by atoms with Crippen molar-refractivity contribution in [3.8, 4) is 5.75 Å². The van der Waals surface area contributed by atoms with Gasteiger partial charge in [0, 0.05) is 23.6 Å². The zero-order valence-electron chi connectivity index (χ0n) is 22.5. The number of sulfonamides is 1. The minimum atomic E-state index is -3.94. The number of rotatable bonds is 11. The minimum Gasteiger partial charge on any atom is -0.507 e. The van der Waals surface area contributed by atoms with Crippen LogP contribution in [0.3, 0.4) is 0 Å². The molecule has 4 aromatic rings. The molecule has 0 bridgehead atoms. The molecule has 0 radical (unpaired) electrons. The zero-order chi connectivity index (χ0) is 29.1. The van der Waals surface area contributed by atoms with Crippen molar-refractivity contribution < 1.29 is 27.8 Å². The lowest BCUT2D eigenvalue weighted by Gasteiger charge is -2.20. The van der Waals surface area contributed by atoms with Crippen molar-refractivity contribution in [2.75, 3.05) is 4.72 Å². The summed E-state index contributed by atoms with van der Waals surface area (Å²) < 4.78 is 34.1. The SMILES string of the molecule is CCC(Cc1cccc(NS(=O)(=O)c2ccc(C(=O)O)cc2)c1)c1cc(O)c(C(c2ccccc2)C2CC2)c(=O)o1. The second-order valence-electron chi connectivity index (χ2n) is 10.4. The van der Waals surface area contributed by atoms with Crippen LogP contribution in [-0.4, -0.2) is 24.6 Å². The van der Waals surface area contributed by atoms with Crippen molar-refractivity contribution in [1.29, 1.82) is 0 Å². The molecular weight excluding hydrogens is 542 g/mol. The Morgan fingerprint density at radius 1 is 1.00 bits per heavy atom. The topological polar surface area (TPSA) is 134 Å². The Balaban J connectivity index is 1.36. The van der Waals surface area contributed by atoms with Gasteiger partial charge >= 0.3 is 11.6 Å². The molecule has 1 heterocycles. The predicted molar refractivity (Wildman–Crippen MR) is 155 cm³/mol. The van der Waals surface area contributed by atoms with Crippen LogP contribution in [0.2, 0.25) is 0 Å². The average Bonchev–Trinajstić information content (AvgIpc) is 3.79. The first-order chi connectivity index (χ1) is 19.7. The fraction of sp³-hybridized carbons (Fsp3) is 0.250. The van der Waals surface area contributed by atoms with Crippen molar-refractivity contribution in [3.05, 3.63) is 123 Å². The lowest BCUT2D eigenvalue weighted by atomic mass is 9.87. The summed E-state index contributed by atoms with van der Waals surface area (Å²) in [7, 11) is -3.94. The van der Waals surface area contributed by atoms with E-state index in [1.165, 1.54) is 24.3 Å². The molecule has 212 valence electrons. The van der Waals surface area contributed by atoms with E-state index in [9.17, 15) is 23.1 Å². The van der Waals surface area contributed by atoms with Gasteiger partial charge in [0.1, 0.15) is 11.5 Å². The van der Waals surface area contributed by atoms with Gasteiger partial charge in [0.15, 0.2) is 0 Å². The Kier molecular flexibility index (Phi) is 7.99. The van der Waals surface area contributed by atoms with Gasteiger partial charge < -0.3 is 14.6 Å². The van der Waals surface area contributed by atoms with E-state index in [0.717, 1.165) is 24.0 Å². The van der Waals surface area contributed by atoms with Crippen LogP contribution in [0.25, 0.3) is 0 Å². The van der Waals surface area contributed by atoms with Crippen LogP contribution in [-0.2, 0) is 16.4 Å². The molecule has 0 amide bonds. The van der Waals surface area contributed by atoms with Gasteiger partial charge in [0.2, 0.25) is 0 Å². The van der Waals surface area contributed by atoms with E-state index in [1.54, 1.807) is 24.3 Å². The molecule has 1 aliphatic rings. The Morgan fingerprint density at radius 3 is 2.32 bits per heavy atom. The summed E-state index contributed by atoms with van der Waals surface area (Å²) in [5, 5.41) is 20.1. The third kappa shape index (κ3) is 6.36. The number of hydrogen-bond donors (Lipinski definition) is 3. The van der Waals surface area contributed by atoms with Crippen molar-refractivity contribution in [2.24, 2.45) is 5.92 Å². The highest BCUT2D eigenvalue weighted by molar-refractivity contribution is 7.92. The molecule has 1 saturated carbocycles. The second-order valence-corrected chi connectivity index (χ2v) is 12.1. The zero-order valence-corrected chi connectivity index (χ0v) is 23.3. The molecule has 41 heavy (non-hydrogen) atoms. The van der Waals surface area contributed by atoms with Crippen molar-refractivity contribution in [1.82, 2.24) is 0 Å². The molecule has 2 atom stereocenters. The van der Waals surface area contributed by atoms with Crippen LogP contribution in [0.4, 0.5) is 5.69 Å². The smallest absolute Gasteiger partial charge is 0.343 e. The molecule has 0 aliphatic heterocycles. The molecule has 0 saturated heterocycles. The summed E-state index contributed by atoms with van der Waals surface area (Å²) >= 11 is 0. The number of aromatic hydroxyl groups is 1. The molecule has 0 spiro atoms. The van der Waals surface area contributed by atoms with Crippen LogP contribution in [0.1, 0.15) is 70.8 Å². The Morgan fingerprint density at radius 2 is 1.71 bits per heavy atom. The van der Waals surface area contributed by atoms with E-state index in [1.807, 2.05) is 43.3 Å². The van der Waals surface area contributed by atoms with Crippen molar-refractivity contribution in [2.45, 2.75) is 49.3 Å². The normalized spacial score (nSPS) is 14.8. The first-order valence-corrected chi connectivity index (χ1v) is 15.0. The molecule has 8 nitrogen and oxygen atoms in total. The number of carboxylic acid groups (broad SMARTS) is 1. The quantitative estimate of drug-likeness (QED) is 0.197. The molecule has 2 unspecified atom stereocenters. The maximum absolute atomic E-state index is 13.2. The maximum Gasteiger partial charge on any atom is 0.343 e. The maximum atomic E-state index is 13.2. The number of hydrogen-bond acceptors (Lipinski definition) is 6. The van der Waals surface area contributed by atoms with Crippen LogP contribution in [0, 0.1) is 5.92 Å². The Labute approximate surface area is 238 Å².